The second-order valence-electron chi connectivity index (χ2n) is 2.92. The number of H-pyrrole nitrogens is 1. The Kier molecular flexibility index (Phi) is 1.62. The maximum absolute atomic E-state index is 10.9. The molecule has 0 amide bonds. The maximum Gasteiger partial charge on any atom is 0.417 e. The van der Waals surface area contributed by atoms with Gasteiger partial charge in [-0.2, -0.15) is 0 Å². The van der Waals surface area contributed by atoms with E-state index < -0.39 is 5.76 Å². The van der Waals surface area contributed by atoms with Gasteiger partial charge in [0.25, 0.3) is 0 Å². The highest BCUT2D eigenvalue weighted by molar-refractivity contribution is 5.80. The summed E-state index contributed by atoms with van der Waals surface area (Å²) in [4.78, 5) is 13.5. The van der Waals surface area contributed by atoms with Crippen molar-refractivity contribution in [3.05, 3.63) is 28.2 Å². The number of benzene rings is 1. The van der Waals surface area contributed by atoms with E-state index in [0.29, 0.717) is 16.8 Å². The predicted octanol–water partition coefficient (Wildman–Crippen LogP) is 1.27. The van der Waals surface area contributed by atoms with Crippen molar-refractivity contribution in [2.75, 3.05) is 5.73 Å². The van der Waals surface area contributed by atoms with Crippen LogP contribution in [0.4, 0.5) is 5.69 Å². The Hall–Kier alpha value is -1.71. The summed E-state index contributed by atoms with van der Waals surface area (Å²) < 4.78 is 4.98. The lowest BCUT2D eigenvalue weighted by molar-refractivity contribution is 0.552. The first-order valence-corrected chi connectivity index (χ1v) is 4.12. The Morgan fingerprint density at radius 2 is 2.31 bits per heavy atom. The van der Waals surface area contributed by atoms with Crippen LogP contribution in [0.2, 0.25) is 0 Å². The molecule has 0 fully saturated rings. The van der Waals surface area contributed by atoms with E-state index in [1.807, 2.05) is 13.0 Å². The molecule has 0 aliphatic carbocycles. The third-order valence-corrected chi connectivity index (χ3v) is 2.00. The largest absolute Gasteiger partial charge is 0.417 e. The van der Waals surface area contributed by atoms with Gasteiger partial charge in [0, 0.05) is 5.69 Å². The van der Waals surface area contributed by atoms with E-state index in [0.717, 1.165) is 12.0 Å². The molecule has 1 aromatic carbocycles. The van der Waals surface area contributed by atoms with Gasteiger partial charge in [0.1, 0.15) is 0 Å². The smallest absolute Gasteiger partial charge is 0.408 e. The molecular formula is C9H10N2O2. The first-order valence-electron chi connectivity index (χ1n) is 4.12. The quantitative estimate of drug-likeness (QED) is 0.646. The van der Waals surface area contributed by atoms with Gasteiger partial charge in [-0.3, -0.25) is 4.98 Å². The molecule has 0 aliphatic heterocycles. The van der Waals surface area contributed by atoms with Crippen molar-refractivity contribution in [3.63, 3.8) is 0 Å². The lowest BCUT2D eigenvalue weighted by Gasteiger charge is -1.98. The lowest BCUT2D eigenvalue weighted by Crippen LogP contribution is -1.93. The van der Waals surface area contributed by atoms with Crippen LogP contribution in [0, 0.1) is 0 Å². The van der Waals surface area contributed by atoms with Crippen molar-refractivity contribution >= 4 is 16.8 Å². The number of oxazole rings is 1. The molecule has 4 nitrogen and oxygen atoms in total. The SMILES string of the molecule is CCc1cc(N)cc2[nH]c(=O)oc12. The average Bonchev–Trinajstić information content (AvgIpc) is 2.43. The molecule has 0 bridgehead atoms. The van der Waals surface area contributed by atoms with E-state index in [9.17, 15) is 4.79 Å². The molecule has 0 spiro atoms. The van der Waals surface area contributed by atoms with E-state index in [4.69, 9.17) is 10.2 Å². The van der Waals surface area contributed by atoms with Gasteiger partial charge < -0.3 is 10.2 Å². The molecular weight excluding hydrogens is 168 g/mol. The normalized spacial score (nSPS) is 10.8. The summed E-state index contributed by atoms with van der Waals surface area (Å²) in [6.45, 7) is 1.99. The minimum atomic E-state index is -0.435. The number of rotatable bonds is 1. The number of nitrogens with two attached hydrogens (primary N) is 1. The third kappa shape index (κ3) is 1.20. The molecule has 2 aromatic rings. The number of aryl methyl sites for hydroxylation is 1. The van der Waals surface area contributed by atoms with E-state index >= 15 is 0 Å². The fraction of sp³-hybridized carbons (Fsp3) is 0.222. The number of nitrogens with one attached hydrogen (secondary N) is 1. The van der Waals surface area contributed by atoms with Crippen LogP contribution in [-0.4, -0.2) is 4.98 Å². The van der Waals surface area contributed by atoms with Crippen LogP contribution in [-0.2, 0) is 6.42 Å². The third-order valence-electron chi connectivity index (χ3n) is 2.00. The second-order valence-corrected chi connectivity index (χ2v) is 2.92. The molecule has 1 aromatic heterocycles. The first kappa shape index (κ1) is 7.91. The number of aromatic amines is 1. The van der Waals surface area contributed by atoms with E-state index in [1.54, 1.807) is 6.07 Å². The van der Waals surface area contributed by atoms with Crippen LogP contribution < -0.4 is 11.5 Å². The molecule has 68 valence electrons. The van der Waals surface area contributed by atoms with E-state index in [-0.39, 0.29) is 0 Å². The molecule has 13 heavy (non-hydrogen) atoms. The molecule has 3 N–H and O–H groups in total. The Bertz CT molecular complexity index is 496. The van der Waals surface area contributed by atoms with Gasteiger partial charge in [0.2, 0.25) is 0 Å². The zero-order valence-corrected chi connectivity index (χ0v) is 7.26. The van der Waals surface area contributed by atoms with Crippen LogP contribution in [0.15, 0.2) is 21.3 Å². The minimum Gasteiger partial charge on any atom is -0.408 e. The van der Waals surface area contributed by atoms with Crippen molar-refractivity contribution in [3.8, 4) is 0 Å². The summed E-state index contributed by atoms with van der Waals surface area (Å²) in [5.41, 5.74) is 8.52. The van der Waals surface area contributed by atoms with Gasteiger partial charge in [-0.25, -0.2) is 4.79 Å². The van der Waals surface area contributed by atoms with E-state index in [2.05, 4.69) is 4.98 Å². The summed E-state index contributed by atoms with van der Waals surface area (Å²) in [6, 6.07) is 3.51. The van der Waals surface area contributed by atoms with Crippen LogP contribution in [0.25, 0.3) is 11.1 Å². The summed E-state index contributed by atoms with van der Waals surface area (Å²) in [7, 11) is 0. The fourth-order valence-electron chi connectivity index (χ4n) is 1.42. The number of hydrogen-bond donors (Lipinski definition) is 2. The molecule has 4 heteroatoms. The number of aromatic nitrogens is 1. The van der Waals surface area contributed by atoms with Gasteiger partial charge in [-0.05, 0) is 24.1 Å². The summed E-state index contributed by atoms with van der Waals surface area (Å²) in [6.07, 6.45) is 0.794. The van der Waals surface area contributed by atoms with Gasteiger partial charge in [0.15, 0.2) is 5.58 Å². The fourth-order valence-corrected chi connectivity index (χ4v) is 1.42. The molecule has 0 atom stereocenters. The Morgan fingerprint density at radius 1 is 1.54 bits per heavy atom. The second kappa shape index (κ2) is 2.65. The van der Waals surface area contributed by atoms with Gasteiger partial charge in [-0.15, -0.1) is 0 Å². The minimum absolute atomic E-state index is 0.435. The topological polar surface area (TPSA) is 72.0 Å². The van der Waals surface area contributed by atoms with Gasteiger partial charge in [-0.1, -0.05) is 6.92 Å². The Labute approximate surface area is 74.4 Å². The number of fused-ring (bicyclic) bond motifs is 1. The van der Waals surface area contributed by atoms with Crippen LogP contribution >= 0.6 is 0 Å². The van der Waals surface area contributed by atoms with Gasteiger partial charge in [0.05, 0.1) is 5.52 Å². The zero-order valence-electron chi connectivity index (χ0n) is 7.26. The highest BCUT2D eigenvalue weighted by Crippen LogP contribution is 2.20. The lowest BCUT2D eigenvalue weighted by atomic mass is 10.1. The van der Waals surface area contributed by atoms with Crippen molar-refractivity contribution in [1.29, 1.82) is 0 Å². The highest BCUT2D eigenvalue weighted by Gasteiger charge is 2.06. The van der Waals surface area contributed by atoms with Gasteiger partial charge >= 0.3 is 5.76 Å². The molecule has 0 saturated carbocycles. The van der Waals surface area contributed by atoms with Crippen LogP contribution in [0.1, 0.15) is 12.5 Å². The molecule has 2 rings (SSSR count). The molecule has 0 saturated heterocycles. The maximum atomic E-state index is 10.9. The summed E-state index contributed by atoms with van der Waals surface area (Å²) >= 11 is 0. The molecule has 0 unspecified atom stereocenters. The Morgan fingerprint density at radius 3 is 3.00 bits per heavy atom. The number of nitrogen functional groups attached to an aromatic ring is 1. The highest BCUT2D eigenvalue weighted by atomic mass is 16.4. The number of hydrogen-bond acceptors (Lipinski definition) is 3. The molecule has 0 aliphatic rings. The van der Waals surface area contributed by atoms with Crippen molar-refractivity contribution in [2.45, 2.75) is 13.3 Å². The van der Waals surface area contributed by atoms with Crippen molar-refractivity contribution in [2.24, 2.45) is 0 Å². The zero-order chi connectivity index (χ0) is 9.42. The van der Waals surface area contributed by atoms with Crippen molar-refractivity contribution in [1.82, 2.24) is 4.98 Å². The van der Waals surface area contributed by atoms with Crippen LogP contribution in [0.5, 0.6) is 0 Å². The first-order chi connectivity index (χ1) is 6.20. The predicted molar refractivity (Wildman–Crippen MR) is 50.6 cm³/mol. The molecule has 1 heterocycles. The van der Waals surface area contributed by atoms with Crippen LogP contribution in [0.3, 0.4) is 0 Å². The Balaban J connectivity index is 2.88. The van der Waals surface area contributed by atoms with E-state index in [1.165, 1.54) is 0 Å². The summed E-state index contributed by atoms with van der Waals surface area (Å²) in [5.74, 6) is -0.435. The number of anilines is 1. The average molecular weight is 178 g/mol. The molecule has 0 radical (unpaired) electrons. The standard InChI is InChI=1S/C9H10N2O2/c1-2-5-3-6(10)4-7-8(5)13-9(12)11-7/h3-4H,2,10H2,1H3,(H,11,12). The summed E-state index contributed by atoms with van der Waals surface area (Å²) in [5, 5.41) is 0. The van der Waals surface area contributed by atoms with Crippen molar-refractivity contribution < 1.29 is 4.42 Å². The monoisotopic (exact) mass is 178 g/mol.